The Labute approximate surface area is 129 Å². The Hall–Kier alpha value is -1.69. The Morgan fingerprint density at radius 1 is 1.19 bits per heavy atom. The van der Waals surface area contributed by atoms with E-state index in [1.54, 1.807) is 11.8 Å². The fourth-order valence-corrected chi connectivity index (χ4v) is 3.70. The number of rotatable bonds is 2. The van der Waals surface area contributed by atoms with Crippen molar-refractivity contribution in [3.8, 4) is 0 Å². The molecule has 0 unspecified atom stereocenters. The molecular weight excluding hydrogens is 282 g/mol. The average Bonchev–Trinajstić information content (AvgIpc) is 2.47. The second-order valence-corrected chi connectivity index (χ2v) is 6.40. The molecule has 1 aromatic rings. The molecule has 1 spiro atoms. The molecule has 1 aromatic carbocycles. The molecule has 6 heteroatoms. The van der Waals surface area contributed by atoms with E-state index in [2.05, 4.69) is 39.3 Å². The van der Waals surface area contributed by atoms with E-state index in [1.807, 2.05) is 6.07 Å². The molecule has 112 valence electrons. The van der Waals surface area contributed by atoms with Crippen molar-refractivity contribution in [2.75, 3.05) is 11.2 Å². The first-order valence-electron chi connectivity index (χ1n) is 7.28. The zero-order valence-electron chi connectivity index (χ0n) is 12.2. The zero-order valence-corrected chi connectivity index (χ0v) is 13.1. The predicted octanol–water partition coefficient (Wildman–Crippen LogP) is 2.52. The van der Waals surface area contributed by atoms with Crippen LogP contribution >= 0.6 is 11.8 Å². The van der Waals surface area contributed by atoms with Gasteiger partial charge in [-0.2, -0.15) is 4.99 Å². The van der Waals surface area contributed by atoms with Crippen LogP contribution in [0.1, 0.15) is 32.1 Å². The minimum atomic E-state index is -0.356. The summed E-state index contributed by atoms with van der Waals surface area (Å²) < 4.78 is 0. The molecule has 4 N–H and O–H groups in total. The summed E-state index contributed by atoms with van der Waals surface area (Å²) >= 11 is 1.72. The molecular formula is C15H21N5S. The summed E-state index contributed by atoms with van der Waals surface area (Å²) in [5.41, 5.74) is 12.8. The third kappa shape index (κ3) is 2.60. The van der Waals surface area contributed by atoms with E-state index in [9.17, 15) is 0 Å². The van der Waals surface area contributed by atoms with Gasteiger partial charge in [0.05, 0.1) is 0 Å². The van der Waals surface area contributed by atoms with E-state index in [-0.39, 0.29) is 5.66 Å². The van der Waals surface area contributed by atoms with Crippen molar-refractivity contribution in [3.05, 3.63) is 24.3 Å². The Morgan fingerprint density at radius 2 is 1.95 bits per heavy atom. The van der Waals surface area contributed by atoms with Crippen LogP contribution in [-0.4, -0.2) is 23.8 Å². The Bertz CT molecular complexity index is 589. The molecule has 5 nitrogen and oxygen atoms in total. The highest BCUT2D eigenvalue weighted by Gasteiger charge is 2.42. The van der Waals surface area contributed by atoms with Gasteiger partial charge >= 0.3 is 0 Å². The number of anilines is 1. The molecule has 1 aliphatic heterocycles. The molecule has 3 rings (SSSR count). The lowest BCUT2D eigenvalue weighted by Crippen LogP contribution is -2.58. The molecule has 1 saturated carbocycles. The number of hydrogen-bond acceptors (Lipinski definition) is 6. The molecule has 0 amide bonds. The van der Waals surface area contributed by atoms with Gasteiger partial charge in [-0.25, -0.2) is 4.99 Å². The van der Waals surface area contributed by atoms with Gasteiger partial charge in [0, 0.05) is 10.6 Å². The first kappa shape index (κ1) is 14.3. The quantitative estimate of drug-likeness (QED) is 0.823. The first-order valence-corrected chi connectivity index (χ1v) is 8.51. The number of thioether (sulfide) groups is 1. The van der Waals surface area contributed by atoms with Gasteiger partial charge in [-0.15, -0.1) is 11.8 Å². The number of aliphatic imine (C=N–C) groups is 2. The van der Waals surface area contributed by atoms with Crippen molar-refractivity contribution in [3.63, 3.8) is 0 Å². The Balaban J connectivity index is 2.06. The van der Waals surface area contributed by atoms with Crippen LogP contribution in [0.25, 0.3) is 0 Å². The summed E-state index contributed by atoms with van der Waals surface area (Å²) in [5.74, 6) is 0.745. The maximum Gasteiger partial charge on any atom is 0.220 e. The van der Waals surface area contributed by atoms with Gasteiger partial charge < -0.3 is 11.5 Å². The average molecular weight is 303 g/mol. The fraction of sp³-hybridized carbons (Fsp3) is 0.467. The molecule has 0 radical (unpaired) electrons. The van der Waals surface area contributed by atoms with Crippen LogP contribution < -0.4 is 16.4 Å². The number of nitrogens with zero attached hydrogens (tertiary/aromatic N) is 3. The molecule has 0 atom stereocenters. The predicted molar refractivity (Wildman–Crippen MR) is 89.8 cm³/mol. The van der Waals surface area contributed by atoms with Crippen molar-refractivity contribution >= 4 is 29.4 Å². The summed E-state index contributed by atoms with van der Waals surface area (Å²) in [6, 6.07) is 8.35. The summed E-state index contributed by atoms with van der Waals surface area (Å²) in [4.78, 5) is 12.1. The highest BCUT2D eigenvalue weighted by atomic mass is 32.2. The van der Waals surface area contributed by atoms with E-state index < -0.39 is 0 Å². The SMILES string of the molecule is CSc1cccc(N2C(N)=NC(N)=NC23CCCCC3)c1. The maximum atomic E-state index is 6.21. The summed E-state index contributed by atoms with van der Waals surface area (Å²) in [5, 5.41) is 0. The lowest BCUT2D eigenvalue weighted by molar-refractivity contribution is 0.305. The second kappa shape index (κ2) is 5.60. The van der Waals surface area contributed by atoms with Crippen LogP contribution in [0.15, 0.2) is 39.1 Å². The van der Waals surface area contributed by atoms with Crippen molar-refractivity contribution < 1.29 is 0 Å². The number of benzene rings is 1. The Kier molecular flexibility index (Phi) is 3.80. The van der Waals surface area contributed by atoms with Gasteiger partial charge in [-0.1, -0.05) is 12.5 Å². The van der Waals surface area contributed by atoms with Crippen LogP contribution in [-0.2, 0) is 0 Å². The van der Waals surface area contributed by atoms with Crippen LogP contribution in [0.4, 0.5) is 5.69 Å². The van der Waals surface area contributed by atoms with Crippen molar-refractivity contribution in [2.45, 2.75) is 42.7 Å². The summed E-state index contributed by atoms with van der Waals surface area (Å²) in [6.45, 7) is 0. The number of nitrogens with two attached hydrogens (primary N) is 2. The highest BCUT2D eigenvalue weighted by molar-refractivity contribution is 7.98. The van der Waals surface area contributed by atoms with Crippen molar-refractivity contribution in [1.29, 1.82) is 0 Å². The molecule has 0 bridgehead atoms. The van der Waals surface area contributed by atoms with Gasteiger partial charge in [-0.3, -0.25) is 4.90 Å². The molecule has 1 heterocycles. The molecule has 2 aliphatic rings. The van der Waals surface area contributed by atoms with Crippen molar-refractivity contribution in [2.24, 2.45) is 21.5 Å². The third-order valence-corrected chi connectivity index (χ3v) is 4.89. The minimum absolute atomic E-state index is 0.298. The molecule has 0 saturated heterocycles. The van der Waals surface area contributed by atoms with Gasteiger partial charge in [0.2, 0.25) is 11.9 Å². The van der Waals surface area contributed by atoms with Crippen LogP contribution in [0.5, 0.6) is 0 Å². The second-order valence-electron chi connectivity index (χ2n) is 5.52. The van der Waals surface area contributed by atoms with E-state index in [0.29, 0.717) is 11.9 Å². The monoisotopic (exact) mass is 303 g/mol. The Morgan fingerprint density at radius 3 is 2.67 bits per heavy atom. The largest absolute Gasteiger partial charge is 0.369 e. The number of guanidine groups is 2. The van der Waals surface area contributed by atoms with E-state index >= 15 is 0 Å². The lowest BCUT2D eigenvalue weighted by Gasteiger charge is -2.45. The van der Waals surface area contributed by atoms with Crippen LogP contribution in [0.3, 0.4) is 0 Å². The van der Waals surface area contributed by atoms with E-state index in [4.69, 9.17) is 11.5 Å². The van der Waals surface area contributed by atoms with E-state index in [0.717, 1.165) is 31.4 Å². The molecule has 1 aliphatic carbocycles. The van der Waals surface area contributed by atoms with Crippen molar-refractivity contribution in [1.82, 2.24) is 0 Å². The molecule has 0 aromatic heterocycles. The molecule has 1 fully saturated rings. The topological polar surface area (TPSA) is 80.0 Å². The minimum Gasteiger partial charge on any atom is -0.369 e. The first-order chi connectivity index (χ1) is 10.1. The molecule has 21 heavy (non-hydrogen) atoms. The fourth-order valence-electron chi connectivity index (χ4n) is 3.24. The number of hydrogen-bond donors (Lipinski definition) is 2. The smallest absolute Gasteiger partial charge is 0.220 e. The third-order valence-electron chi connectivity index (χ3n) is 4.16. The van der Waals surface area contributed by atoms with Gasteiger partial charge in [0.15, 0.2) is 0 Å². The highest BCUT2D eigenvalue weighted by Crippen LogP contribution is 2.40. The lowest BCUT2D eigenvalue weighted by atomic mass is 9.87. The van der Waals surface area contributed by atoms with Gasteiger partial charge in [0.25, 0.3) is 0 Å². The normalized spacial score (nSPS) is 21.1. The van der Waals surface area contributed by atoms with Gasteiger partial charge in [0.1, 0.15) is 5.66 Å². The zero-order chi connectivity index (χ0) is 14.9. The van der Waals surface area contributed by atoms with E-state index in [1.165, 1.54) is 11.3 Å². The standard InChI is InChI=1S/C15H21N5S/c1-21-12-7-5-6-11(10-12)20-14(17)18-13(16)19-15(20)8-3-2-4-9-15/h5-7,10H,2-4,8-9H2,1H3,(H4,16,17,18,19). The van der Waals surface area contributed by atoms with Crippen LogP contribution in [0, 0.1) is 0 Å². The summed E-state index contributed by atoms with van der Waals surface area (Å²) in [6.07, 6.45) is 7.53. The summed E-state index contributed by atoms with van der Waals surface area (Å²) in [7, 11) is 0. The van der Waals surface area contributed by atoms with Gasteiger partial charge in [-0.05, 0) is 50.1 Å². The van der Waals surface area contributed by atoms with Crippen LogP contribution in [0.2, 0.25) is 0 Å². The maximum absolute atomic E-state index is 6.21.